The lowest BCUT2D eigenvalue weighted by molar-refractivity contribution is -0.116. The van der Waals surface area contributed by atoms with E-state index in [1.54, 1.807) is 19.9 Å². The van der Waals surface area contributed by atoms with E-state index in [4.69, 9.17) is 5.11 Å². The number of carboxylic acids is 1. The van der Waals surface area contributed by atoms with Crippen molar-refractivity contribution in [3.8, 4) is 0 Å². The Morgan fingerprint density at radius 2 is 1.86 bits per heavy atom. The predicted molar refractivity (Wildman–Crippen MR) is 80.0 cm³/mol. The number of carboxylic acid groups (broad SMARTS) is 1. The van der Waals surface area contributed by atoms with Crippen molar-refractivity contribution in [1.82, 2.24) is 9.55 Å². The Morgan fingerprint density at radius 1 is 1.23 bits per heavy atom. The Morgan fingerprint density at radius 3 is 2.41 bits per heavy atom. The van der Waals surface area contributed by atoms with Crippen LogP contribution in [0.4, 0.5) is 5.69 Å². The lowest BCUT2D eigenvalue weighted by Gasteiger charge is -2.10. The lowest BCUT2D eigenvalue weighted by Crippen LogP contribution is -2.31. The Bertz CT molecular complexity index is 778. The molecule has 7 nitrogen and oxygen atoms in total. The number of aromatic carboxylic acids is 1. The van der Waals surface area contributed by atoms with E-state index in [-0.39, 0.29) is 18.0 Å². The van der Waals surface area contributed by atoms with Crippen LogP contribution in [-0.4, -0.2) is 26.5 Å². The van der Waals surface area contributed by atoms with E-state index in [1.807, 2.05) is 0 Å². The van der Waals surface area contributed by atoms with Crippen LogP contribution in [0.15, 0.2) is 35.1 Å². The number of anilines is 1. The molecular weight excluding hydrogens is 286 g/mol. The van der Waals surface area contributed by atoms with E-state index in [9.17, 15) is 14.4 Å². The highest BCUT2D eigenvalue weighted by Crippen LogP contribution is 2.09. The maximum absolute atomic E-state index is 12.0. The van der Waals surface area contributed by atoms with Crippen molar-refractivity contribution in [1.29, 1.82) is 0 Å². The standard InChI is InChI=1S/C15H15N3O4/c1-9-7-10(2)18(15(22)16-9)8-13(19)17-12-5-3-11(4-6-12)14(20)21/h3-7H,8H2,1-2H3,(H,17,19)(H,20,21). The van der Waals surface area contributed by atoms with Gasteiger partial charge in [0, 0.05) is 17.1 Å². The van der Waals surface area contributed by atoms with Gasteiger partial charge in [-0.2, -0.15) is 4.98 Å². The summed E-state index contributed by atoms with van der Waals surface area (Å²) in [6, 6.07) is 7.48. The molecule has 1 aromatic heterocycles. The van der Waals surface area contributed by atoms with E-state index in [0.29, 0.717) is 17.1 Å². The van der Waals surface area contributed by atoms with E-state index in [1.165, 1.54) is 28.8 Å². The van der Waals surface area contributed by atoms with Gasteiger partial charge in [-0.1, -0.05) is 0 Å². The van der Waals surface area contributed by atoms with Crippen molar-refractivity contribution < 1.29 is 14.7 Å². The Hall–Kier alpha value is -2.96. The second-order valence-corrected chi connectivity index (χ2v) is 4.84. The number of aryl methyl sites for hydroxylation is 2. The monoisotopic (exact) mass is 301 g/mol. The van der Waals surface area contributed by atoms with Gasteiger partial charge in [0.05, 0.1) is 5.56 Å². The molecule has 1 heterocycles. The molecule has 0 aliphatic rings. The molecule has 0 radical (unpaired) electrons. The zero-order chi connectivity index (χ0) is 16.3. The average molecular weight is 301 g/mol. The quantitative estimate of drug-likeness (QED) is 0.883. The first-order valence-electron chi connectivity index (χ1n) is 6.55. The van der Waals surface area contributed by atoms with Gasteiger partial charge in [0.15, 0.2) is 0 Å². The van der Waals surface area contributed by atoms with Crippen LogP contribution in [0.1, 0.15) is 21.7 Å². The number of nitrogens with zero attached hydrogens (tertiary/aromatic N) is 2. The lowest BCUT2D eigenvalue weighted by atomic mass is 10.2. The normalized spacial score (nSPS) is 10.3. The largest absolute Gasteiger partial charge is 0.478 e. The number of carbonyl (C=O) groups is 2. The van der Waals surface area contributed by atoms with Gasteiger partial charge in [-0.05, 0) is 44.2 Å². The highest BCUT2D eigenvalue weighted by atomic mass is 16.4. The van der Waals surface area contributed by atoms with E-state index in [0.717, 1.165) is 0 Å². The number of rotatable bonds is 4. The predicted octanol–water partition coefficient (Wildman–Crippen LogP) is 1.20. The zero-order valence-corrected chi connectivity index (χ0v) is 12.2. The number of carbonyl (C=O) groups excluding carboxylic acids is 1. The first-order valence-corrected chi connectivity index (χ1v) is 6.55. The van der Waals surface area contributed by atoms with Gasteiger partial charge in [-0.3, -0.25) is 9.36 Å². The molecule has 0 fully saturated rings. The second-order valence-electron chi connectivity index (χ2n) is 4.84. The van der Waals surface area contributed by atoms with Crippen LogP contribution in [-0.2, 0) is 11.3 Å². The number of hydrogen-bond donors (Lipinski definition) is 2. The maximum Gasteiger partial charge on any atom is 0.348 e. The first kappa shape index (κ1) is 15.4. The van der Waals surface area contributed by atoms with Crippen molar-refractivity contribution in [2.45, 2.75) is 20.4 Å². The summed E-state index contributed by atoms with van der Waals surface area (Å²) in [6.45, 7) is 3.28. The van der Waals surface area contributed by atoms with Crippen molar-refractivity contribution in [3.63, 3.8) is 0 Å². The minimum Gasteiger partial charge on any atom is -0.478 e. The minimum absolute atomic E-state index is 0.132. The van der Waals surface area contributed by atoms with E-state index < -0.39 is 11.7 Å². The summed E-state index contributed by atoms with van der Waals surface area (Å²) < 4.78 is 1.27. The van der Waals surface area contributed by atoms with Gasteiger partial charge >= 0.3 is 11.7 Å². The molecule has 7 heteroatoms. The number of amides is 1. The average Bonchev–Trinajstić information content (AvgIpc) is 2.43. The molecule has 0 unspecified atom stereocenters. The highest BCUT2D eigenvalue weighted by molar-refractivity contribution is 5.92. The van der Waals surface area contributed by atoms with Crippen molar-refractivity contribution in [2.24, 2.45) is 0 Å². The highest BCUT2D eigenvalue weighted by Gasteiger charge is 2.09. The molecule has 2 N–H and O–H groups in total. The molecule has 1 amide bonds. The summed E-state index contributed by atoms with van der Waals surface area (Å²) >= 11 is 0. The molecule has 0 bridgehead atoms. The fraction of sp³-hybridized carbons (Fsp3) is 0.200. The van der Waals surface area contributed by atoms with Crippen molar-refractivity contribution in [2.75, 3.05) is 5.32 Å². The summed E-state index contributed by atoms with van der Waals surface area (Å²) in [6.07, 6.45) is 0. The van der Waals surface area contributed by atoms with Crippen molar-refractivity contribution in [3.05, 3.63) is 57.8 Å². The van der Waals surface area contributed by atoms with E-state index >= 15 is 0 Å². The number of hydrogen-bond acceptors (Lipinski definition) is 4. The summed E-state index contributed by atoms with van der Waals surface area (Å²) in [5, 5.41) is 11.4. The van der Waals surface area contributed by atoms with Crippen LogP contribution in [0.3, 0.4) is 0 Å². The van der Waals surface area contributed by atoms with Crippen LogP contribution >= 0.6 is 0 Å². The SMILES string of the molecule is Cc1cc(C)n(CC(=O)Nc2ccc(C(=O)O)cc2)c(=O)n1. The molecule has 0 aliphatic heterocycles. The van der Waals surface area contributed by atoms with Gasteiger partial charge in [-0.15, -0.1) is 0 Å². The zero-order valence-electron chi connectivity index (χ0n) is 12.2. The van der Waals surface area contributed by atoms with Crippen LogP contribution in [0.2, 0.25) is 0 Å². The first-order chi connectivity index (χ1) is 10.4. The third-order valence-corrected chi connectivity index (χ3v) is 3.06. The molecule has 0 saturated heterocycles. The van der Waals surface area contributed by atoms with Gasteiger partial charge in [0.2, 0.25) is 5.91 Å². The molecule has 0 saturated carbocycles. The number of benzene rings is 1. The molecular formula is C15H15N3O4. The van der Waals surface area contributed by atoms with Crippen LogP contribution in [0.25, 0.3) is 0 Å². The fourth-order valence-electron chi connectivity index (χ4n) is 2.01. The summed E-state index contributed by atoms with van der Waals surface area (Å²) in [7, 11) is 0. The van der Waals surface area contributed by atoms with E-state index in [2.05, 4.69) is 10.3 Å². The van der Waals surface area contributed by atoms with Gasteiger partial charge in [0.1, 0.15) is 6.54 Å². The minimum atomic E-state index is -1.04. The van der Waals surface area contributed by atoms with Crippen LogP contribution < -0.4 is 11.0 Å². The maximum atomic E-state index is 12.0. The topological polar surface area (TPSA) is 101 Å². The Labute approximate surface area is 126 Å². The molecule has 22 heavy (non-hydrogen) atoms. The third kappa shape index (κ3) is 3.57. The molecule has 2 aromatic rings. The molecule has 0 aliphatic carbocycles. The number of aromatic nitrogens is 2. The summed E-state index contributed by atoms with van der Waals surface area (Å²) in [5.74, 6) is -1.43. The summed E-state index contributed by atoms with van der Waals surface area (Å²) in [5.41, 5.74) is 1.36. The Kier molecular flexibility index (Phi) is 4.36. The van der Waals surface area contributed by atoms with Crippen molar-refractivity contribution >= 4 is 17.6 Å². The van der Waals surface area contributed by atoms with Gasteiger partial charge < -0.3 is 10.4 Å². The molecule has 114 valence electrons. The van der Waals surface area contributed by atoms with Gasteiger partial charge in [-0.25, -0.2) is 9.59 Å². The van der Waals surface area contributed by atoms with Crippen LogP contribution in [0, 0.1) is 13.8 Å². The fourth-order valence-corrected chi connectivity index (χ4v) is 2.01. The Balaban J connectivity index is 2.10. The molecule has 0 atom stereocenters. The summed E-state index contributed by atoms with van der Waals surface area (Å²) in [4.78, 5) is 38.3. The molecule has 1 aromatic carbocycles. The number of nitrogens with one attached hydrogen (secondary N) is 1. The second kappa shape index (κ2) is 6.21. The molecule has 2 rings (SSSR count). The van der Waals surface area contributed by atoms with Crippen LogP contribution in [0.5, 0.6) is 0 Å². The third-order valence-electron chi connectivity index (χ3n) is 3.06. The molecule has 0 spiro atoms. The smallest absolute Gasteiger partial charge is 0.348 e. The van der Waals surface area contributed by atoms with Gasteiger partial charge in [0.25, 0.3) is 0 Å².